The summed E-state index contributed by atoms with van der Waals surface area (Å²) in [7, 11) is -8.05. The molecule has 5 nitrogen and oxygen atoms in total. The Kier molecular flexibility index (Phi) is 12.7. The van der Waals surface area contributed by atoms with Crippen LogP contribution in [0.25, 0.3) is 0 Å². The van der Waals surface area contributed by atoms with E-state index in [9.17, 15) is 8.42 Å². The number of aryl methyl sites for hydroxylation is 1. The number of fused-ring (bicyclic) bond motifs is 1. The molecule has 0 radical (unpaired) electrons. The van der Waals surface area contributed by atoms with Gasteiger partial charge >= 0.3 is 0 Å². The standard InChI is InChI=1S/C38H66O5SSi2/c1-15-16-17-28(3)24-30(42-45(11,12)37(5,6)7)20-23-32-33-25-29(4)36(41-44(39,40)31-21-18-27(2)19-22-31)34(33)26-35(32)43-46(13,14)38(8,9)10/h18-23,28,30,32-36H,4,15-17,24-26H2,1-3,5-14H3/t28-,30+,32-,33+,34-,35+,36?/m0/s1. The van der Waals surface area contributed by atoms with Crippen molar-refractivity contribution < 1.29 is 21.5 Å². The average molecular weight is 691 g/mol. The SMILES string of the molecule is C=C1C[C@@H]2[C@H](C=C[C@H](C[C@@H](C)CCCC)O[Si](C)(C)C(C)(C)C)[C@H](O[Si](C)(C)C(C)(C)C)C[C@@H]2C1OS(=O)(=O)c1ccc(C)cc1. The number of hydrogen-bond acceptors (Lipinski definition) is 5. The second kappa shape index (κ2) is 14.8. The van der Waals surface area contributed by atoms with Crippen LogP contribution in [0, 0.1) is 30.6 Å². The van der Waals surface area contributed by atoms with Gasteiger partial charge in [0.25, 0.3) is 10.1 Å². The maximum atomic E-state index is 13.4. The summed E-state index contributed by atoms with van der Waals surface area (Å²) in [4.78, 5) is 0.195. The van der Waals surface area contributed by atoms with E-state index in [1.165, 1.54) is 19.3 Å². The van der Waals surface area contributed by atoms with Crippen LogP contribution in [0.4, 0.5) is 0 Å². The third-order valence-corrected chi connectivity index (χ3v) is 21.9. The Bertz CT molecular complexity index is 1300. The van der Waals surface area contributed by atoms with Gasteiger partial charge in [-0.25, -0.2) is 0 Å². The number of hydrogen-bond donors (Lipinski definition) is 0. The number of rotatable bonds is 14. The first-order valence-corrected chi connectivity index (χ1v) is 24.9. The molecule has 0 bridgehead atoms. The topological polar surface area (TPSA) is 61.8 Å². The average Bonchev–Trinajstić information content (AvgIpc) is 3.38. The van der Waals surface area contributed by atoms with E-state index in [1.54, 1.807) is 12.1 Å². The summed E-state index contributed by atoms with van der Waals surface area (Å²) in [5.41, 5.74) is 1.88. The Hall–Kier alpha value is -1.04. The molecule has 0 aliphatic heterocycles. The highest BCUT2D eigenvalue weighted by atomic mass is 32.2. The molecule has 2 aliphatic carbocycles. The third-order valence-electron chi connectivity index (χ3n) is 11.5. The molecule has 0 spiro atoms. The van der Waals surface area contributed by atoms with Crippen molar-refractivity contribution in [2.75, 3.05) is 0 Å². The summed E-state index contributed by atoms with van der Waals surface area (Å²) in [6, 6.07) is 6.89. The van der Waals surface area contributed by atoms with Crippen LogP contribution >= 0.6 is 0 Å². The summed E-state index contributed by atoms with van der Waals surface area (Å²) in [6.45, 7) is 34.0. The lowest BCUT2D eigenvalue weighted by molar-refractivity contribution is 0.138. The van der Waals surface area contributed by atoms with E-state index < -0.39 is 32.9 Å². The molecule has 2 saturated carbocycles. The number of unbranched alkanes of at least 4 members (excludes halogenated alkanes) is 1. The van der Waals surface area contributed by atoms with Crippen molar-refractivity contribution in [2.45, 2.75) is 160 Å². The minimum absolute atomic E-state index is 0.000503. The zero-order valence-corrected chi connectivity index (χ0v) is 34.2. The lowest BCUT2D eigenvalue weighted by Gasteiger charge is -2.40. The monoisotopic (exact) mass is 690 g/mol. The Morgan fingerprint density at radius 3 is 2.11 bits per heavy atom. The van der Waals surface area contributed by atoms with Gasteiger partial charge in [-0.2, -0.15) is 8.42 Å². The minimum Gasteiger partial charge on any atom is -0.413 e. The van der Waals surface area contributed by atoms with Crippen molar-refractivity contribution >= 4 is 26.8 Å². The largest absolute Gasteiger partial charge is 0.413 e. The molecule has 1 unspecified atom stereocenters. The molecule has 8 heteroatoms. The minimum atomic E-state index is -3.93. The van der Waals surface area contributed by atoms with Crippen LogP contribution in [0.15, 0.2) is 53.5 Å². The Labute approximate surface area is 285 Å². The number of benzene rings is 1. The van der Waals surface area contributed by atoms with Crippen molar-refractivity contribution in [2.24, 2.45) is 23.7 Å². The summed E-state index contributed by atoms with van der Waals surface area (Å²) < 4.78 is 47.2. The lowest BCUT2D eigenvalue weighted by atomic mass is 9.89. The lowest BCUT2D eigenvalue weighted by Crippen LogP contribution is -2.45. The Balaban J connectivity index is 1.96. The van der Waals surface area contributed by atoms with Crippen LogP contribution in [0.3, 0.4) is 0 Å². The molecule has 0 saturated heterocycles. The van der Waals surface area contributed by atoms with Gasteiger partial charge in [-0.3, -0.25) is 4.18 Å². The molecule has 0 heterocycles. The fraction of sp³-hybridized carbons (Fsp3) is 0.737. The van der Waals surface area contributed by atoms with E-state index in [2.05, 4.69) is 100 Å². The molecule has 46 heavy (non-hydrogen) atoms. The van der Waals surface area contributed by atoms with Crippen molar-refractivity contribution in [1.82, 2.24) is 0 Å². The van der Waals surface area contributed by atoms with Crippen LogP contribution in [-0.2, 0) is 23.2 Å². The maximum absolute atomic E-state index is 13.4. The summed E-state index contributed by atoms with van der Waals surface area (Å²) in [5, 5.41) is 0.185. The highest BCUT2D eigenvalue weighted by molar-refractivity contribution is 7.86. The van der Waals surface area contributed by atoms with E-state index in [-0.39, 0.29) is 44.9 Å². The zero-order chi connectivity index (χ0) is 34.9. The van der Waals surface area contributed by atoms with Crippen LogP contribution in [0.5, 0.6) is 0 Å². The highest BCUT2D eigenvalue weighted by Crippen LogP contribution is 2.54. The molecule has 2 fully saturated rings. The molecule has 0 amide bonds. The first-order chi connectivity index (χ1) is 21.0. The van der Waals surface area contributed by atoms with E-state index in [1.807, 2.05) is 19.1 Å². The van der Waals surface area contributed by atoms with Crippen molar-refractivity contribution in [3.05, 3.63) is 54.1 Å². The maximum Gasteiger partial charge on any atom is 0.297 e. The van der Waals surface area contributed by atoms with E-state index >= 15 is 0 Å². The molecule has 1 aromatic rings. The molecule has 0 aromatic heterocycles. The fourth-order valence-electron chi connectivity index (χ4n) is 6.54. The van der Waals surface area contributed by atoms with Gasteiger partial charge in [0, 0.05) is 5.92 Å². The van der Waals surface area contributed by atoms with Gasteiger partial charge in [0.1, 0.15) is 6.10 Å². The summed E-state index contributed by atoms with van der Waals surface area (Å²) in [6.07, 6.45) is 10.4. The van der Waals surface area contributed by atoms with E-state index in [4.69, 9.17) is 13.0 Å². The molecule has 2 aliphatic rings. The second-order valence-electron chi connectivity index (χ2n) is 17.5. The van der Waals surface area contributed by atoms with Crippen LogP contribution in [0.2, 0.25) is 36.3 Å². The van der Waals surface area contributed by atoms with Gasteiger partial charge in [0.15, 0.2) is 16.6 Å². The van der Waals surface area contributed by atoms with Gasteiger partial charge in [-0.15, -0.1) is 0 Å². The Morgan fingerprint density at radius 2 is 1.57 bits per heavy atom. The second-order valence-corrected chi connectivity index (χ2v) is 28.6. The first-order valence-electron chi connectivity index (χ1n) is 17.7. The van der Waals surface area contributed by atoms with Gasteiger partial charge in [-0.1, -0.05) is 111 Å². The quantitative estimate of drug-likeness (QED) is 0.110. The van der Waals surface area contributed by atoms with Crippen LogP contribution in [-0.4, -0.2) is 43.4 Å². The molecule has 3 rings (SSSR count). The molecule has 0 N–H and O–H groups in total. The highest BCUT2D eigenvalue weighted by Gasteiger charge is 2.54. The van der Waals surface area contributed by atoms with Gasteiger partial charge in [0.05, 0.1) is 17.1 Å². The first kappa shape index (κ1) is 39.4. The van der Waals surface area contributed by atoms with Crippen LogP contribution < -0.4 is 0 Å². The van der Waals surface area contributed by atoms with Crippen molar-refractivity contribution in [1.29, 1.82) is 0 Å². The summed E-state index contributed by atoms with van der Waals surface area (Å²) >= 11 is 0. The van der Waals surface area contributed by atoms with Crippen molar-refractivity contribution in [3.8, 4) is 0 Å². The van der Waals surface area contributed by atoms with E-state index in [0.717, 1.165) is 30.4 Å². The molecule has 262 valence electrons. The predicted molar refractivity (Wildman–Crippen MR) is 199 cm³/mol. The van der Waals surface area contributed by atoms with Gasteiger partial charge in [0.2, 0.25) is 0 Å². The third kappa shape index (κ3) is 9.56. The molecular weight excluding hydrogens is 625 g/mol. The predicted octanol–water partition coefficient (Wildman–Crippen LogP) is 10.8. The molecular formula is C38H66O5SSi2. The van der Waals surface area contributed by atoms with Crippen molar-refractivity contribution in [3.63, 3.8) is 0 Å². The summed E-state index contributed by atoms with van der Waals surface area (Å²) in [5.74, 6) is 0.956. The zero-order valence-electron chi connectivity index (χ0n) is 31.4. The molecule has 1 aromatic carbocycles. The fourth-order valence-corrected chi connectivity index (χ4v) is 10.3. The van der Waals surface area contributed by atoms with E-state index in [0.29, 0.717) is 5.92 Å². The van der Waals surface area contributed by atoms with Crippen LogP contribution in [0.1, 0.15) is 99.5 Å². The van der Waals surface area contributed by atoms with Gasteiger partial charge in [-0.05, 0) is 97.9 Å². The smallest absolute Gasteiger partial charge is 0.297 e. The Morgan fingerprint density at radius 1 is 0.978 bits per heavy atom. The normalized spacial score (nSPS) is 26.1. The molecule has 7 atom stereocenters. The van der Waals surface area contributed by atoms with Gasteiger partial charge < -0.3 is 8.85 Å².